The molecule has 3 rings (SSSR count). The van der Waals surface area contributed by atoms with E-state index in [1.807, 2.05) is 22.9 Å². The average molecular weight is 372 g/mol. The third-order valence-electron chi connectivity index (χ3n) is 3.48. The van der Waals surface area contributed by atoms with Crippen LogP contribution in [0.1, 0.15) is 25.5 Å². The molecule has 1 unspecified atom stereocenters. The highest BCUT2D eigenvalue weighted by Crippen LogP contribution is 2.32. The number of hydrogen-bond donors (Lipinski definition) is 1. The number of alkyl halides is 1. The van der Waals surface area contributed by atoms with Crippen molar-refractivity contribution >= 4 is 50.0 Å². The maximum Gasteiger partial charge on any atom is 0.150 e. The predicted octanol–water partition coefficient (Wildman–Crippen LogP) is 3.73. The number of hydrogen-bond acceptors (Lipinski definition) is 3. The Morgan fingerprint density at radius 1 is 1.52 bits per heavy atom. The van der Waals surface area contributed by atoms with Gasteiger partial charge >= 0.3 is 0 Å². The van der Waals surface area contributed by atoms with Gasteiger partial charge in [-0.25, -0.2) is 9.67 Å². The standard InChI is InChI=1S/C14H16BrClN4O/c15-14-10-7-9(18-12(17)8-16)4-5-11(10)20(19-14)13-3-1-2-6-21-13/h4-5,7,13H,1-3,6,8H2,(H2,17,18). The highest BCUT2D eigenvalue weighted by Gasteiger charge is 2.20. The zero-order valence-corrected chi connectivity index (χ0v) is 13.8. The van der Waals surface area contributed by atoms with Crippen molar-refractivity contribution in [3.05, 3.63) is 22.8 Å². The van der Waals surface area contributed by atoms with Crippen molar-refractivity contribution in [1.82, 2.24) is 9.78 Å². The first kappa shape index (κ1) is 14.8. The number of aliphatic imine (C=N–C) groups is 1. The van der Waals surface area contributed by atoms with Crippen molar-refractivity contribution in [3.8, 4) is 0 Å². The van der Waals surface area contributed by atoms with E-state index in [2.05, 4.69) is 26.0 Å². The number of benzene rings is 1. The van der Waals surface area contributed by atoms with E-state index >= 15 is 0 Å². The van der Waals surface area contributed by atoms with Crippen molar-refractivity contribution in [2.75, 3.05) is 12.5 Å². The summed E-state index contributed by atoms with van der Waals surface area (Å²) in [7, 11) is 0. The van der Waals surface area contributed by atoms with Crippen LogP contribution in [0.3, 0.4) is 0 Å². The van der Waals surface area contributed by atoms with Crippen molar-refractivity contribution < 1.29 is 4.74 Å². The number of rotatable bonds is 3. The van der Waals surface area contributed by atoms with E-state index in [0.717, 1.165) is 47.1 Å². The second-order valence-electron chi connectivity index (χ2n) is 4.99. The molecule has 7 heteroatoms. The largest absolute Gasteiger partial charge is 0.386 e. The van der Waals surface area contributed by atoms with Crippen molar-refractivity contribution in [2.24, 2.45) is 10.7 Å². The molecule has 0 radical (unpaired) electrons. The zero-order valence-electron chi connectivity index (χ0n) is 11.4. The number of nitrogens with zero attached hydrogens (tertiary/aromatic N) is 3. The summed E-state index contributed by atoms with van der Waals surface area (Å²) in [6, 6.07) is 5.85. The molecule has 2 heterocycles. The fourth-order valence-corrected chi connectivity index (χ4v) is 3.04. The Hall–Kier alpha value is -1.11. The molecule has 1 aliphatic rings. The van der Waals surface area contributed by atoms with Crippen molar-refractivity contribution in [3.63, 3.8) is 0 Å². The Kier molecular flexibility index (Phi) is 4.47. The number of halogens is 2. The van der Waals surface area contributed by atoms with Crippen LogP contribution in [-0.4, -0.2) is 28.1 Å². The predicted molar refractivity (Wildman–Crippen MR) is 88.3 cm³/mol. The quantitative estimate of drug-likeness (QED) is 0.508. The van der Waals surface area contributed by atoms with Crippen molar-refractivity contribution in [2.45, 2.75) is 25.5 Å². The molecule has 1 aromatic heterocycles. The van der Waals surface area contributed by atoms with E-state index in [-0.39, 0.29) is 12.1 Å². The van der Waals surface area contributed by atoms with E-state index in [9.17, 15) is 0 Å². The van der Waals surface area contributed by atoms with Crippen LogP contribution in [0.5, 0.6) is 0 Å². The Bertz CT molecular complexity index is 679. The normalized spacial score (nSPS) is 20.1. The fraction of sp³-hybridized carbons (Fsp3) is 0.429. The Balaban J connectivity index is 2.01. The molecule has 112 valence electrons. The number of aromatic nitrogens is 2. The SMILES string of the molecule is NC(CCl)=Nc1ccc2c(c1)c(Br)nn2C1CCCCO1. The molecule has 1 aromatic carbocycles. The number of fused-ring (bicyclic) bond motifs is 1. The number of ether oxygens (including phenoxy) is 1. The van der Waals surface area contributed by atoms with Gasteiger partial charge in [-0.15, -0.1) is 11.6 Å². The molecule has 0 saturated carbocycles. The van der Waals surface area contributed by atoms with E-state index in [4.69, 9.17) is 22.1 Å². The van der Waals surface area contributed by atoms with Crippen LogP contribution in [0.2, 0.25) is 0 Å². The minimum absolute atomic E-state index is 0.00909. The van der Waals surface area contributed by atoms with Gasteiger partial charge in [0.25, 0.3) is 0 Å². The lowest BCUT2D eigenvalue weighted by molar-refractivity contribution is -0.0368. The summed E-state index contributed by atoms with van der Waals surface area (Å²) in [5.41, 5.74) is 7.47. The Labute approximate surface area is 136 Å². The maximum atomic E-state index is 5.81. The van der Waals surface area contributed by atoms with Crippen LogP contribution in [-0.2, 0) is 4.74 Å². The summed E-state index contributed by atoms with van der Waals surface area (Å²) >= 11 is 9.17. The molecule has 2 aromatic rings. The van der Waals surface area contributed by atoms with E-state index in [1.165, 1.54) is 0 Å². The molecule has 1 fully saturated rings. The fourth-order valence-electron chi connectivity index (χ4n) is 2.49. The van der Waals surface area contributed by atoms with E-state index in [1.54, 1.807) is 0 Å². The van der Waals surface area contributed by atoms with Crippen LogP contribution in [0.15, 0.2) is 27.8 Å². The summed E-state index contributed by atoms with van der Waals surface area (Å²) in [4.78, 5) is 4.26. The van der Waals surface area contributed by atoms with Crippen LogP contribution in [0.4, 0.5) is 5.69 Å². The topological polar surface area (TPSA) is 65.4 Å². The van der Waals surface area contributed by atoms with E-state index in [0.29, 0.717) is 5.84 Å². The lowest BCUT2D eigenvalue weighted by atomic mass is 10.2. The lowest BCUT2D eigenvalue weighted by Gasteiger charge is -2.23. The summed E-state index contributed by atoms with van der Waals surface area (Å²) in [6.45, 7) is 0.790. The third kappa shape index (κ3) is 3.07. The summed E-state index contributed by atoms with van der Waals surface area (Å²) in [6.07, 6.45) is 3.28. The van der Waals surface area contributed by atoms with Gasteiger partial charge in [0.2, 0.25) is 0 Å². The highest BCUT2D eigenvalue weighted by molar-refractivity contribution is 9.10. The minimum Gasteiger partial charge on any atom is -0.386 e. The smallest absolute Gasteiger partial charge is 0.150 e. The molecular formula is C14H16BrClN4O. The molecule has 0 bridgehead atoms. The molecule has 2 N–H and O–H groups in total. The van der Waals surface area contributed by atoms with Gasteiger partial charge in [-0.1, -0.05) is 0 Å². The highest BCUT2D eigenvalue weighted by atomic mass is 79.9. The van der Waals surface area contributed by atoms with Gasteiger partial charge in [-0.3, -0.25) is 0 Å². The molecule has 0 aliphatic carbocycles. The monoisotopic (exact) mass is 370 g/mol. The molecule has 1 aliphatic heterocycles. The number of amidine groups is 1. The Morgan fingerprint density at radius 2 is 2.38 bits per heavy atom. The second-order valence-corrected chi connectivity index (χ2v) is 6.01. The third-order valence-corrected chi connectivity index (χ3v) is 4.34. The maximum absolute atomic E-state index is 5.81. The first-order valence-corrected chi connectivity index (χ1v) is 8.20. The minimum atomic E-state index is 0.00909. The average Bonchev–Trinajstić information content (AvgIpc) is 2.85. The first-order chi connectivity index (χ1) is 10.2. The second kappa shape index (κ2) is 6.34. The van der Waals surface area contributed by atoms with Gasteiger partial charge in [0.1, 0.15) is 10.4 Å². The first-order valence-electron chi connectivity index (χ1n) is 6.87. The van der Waals surface area contributed by atoms with Gasteiger partial charge in [0.05, 0.1) is 17.1 Å². The summed E-state index contributed by atoms with van der Waals surface area (Å²) in [5, 5.41) is 5.55. The molecule has 0 spiro atoms. The molecule has 5 nitrogen and oxygen atoms in total. The van der Waals surface area contributed by atoms with Gasteiger partial charge in [0, 0.05) is 12.0 Å². The van der Waals surface area contributed by atoms with Gasteiger partial charge in [0.15, 0.2) is 6.23 Å². The Morgan fingerprint density at radius 3 is 3.10 bits per heavy atom. The molecule has 0 amide bonds. The van der Waals surface area contributed by atoms with Gasteiger partial charge in [-0.2, -0.15) is 5.10 Å². The van der Waals surface area contributed by atoms with Crippen LogP contribution in [0.25, 0.3) is 10.9 Å². The summed E-state index contributed by atoms with van der Waals surface area (Å²) < 4.78 is 8.54. The van der Waals surface area contributed by atoms with Crippen LogP contribution < -0.4 is 5.73 Å². The summed E-state index contributed by atoms with van der Waals surface area (Å²) in [5.74, 6) is 0.615. The van der Waals surface area contributed by atoms with Gasteiger partial charge in [-0.05, 0) is 53.4 Å². The molecule has 1 saturated heterocycles. The molecule has 1 atom stereocenters. The van der Waals surface area contributed by atoms with Crippen LogP contribution in [0, 0.1) is 0 Å². The zero-order chi connectivity index (χ0) is 14.8. The van der Waals surface area contributed by atoms with Crippen molar-refractivity contribution in [1.29, 1.82) is 0 Å². The van der Waals surface area contributed by atoms with Crippen LogP contribution >= 0.6 is 27.5 Å². The lowest BCUT2D eigenvalue weighted by Crippen LogP contribution is -2.19. The van der Waals surface area contributed by atoms with E-state index < -0.39 is 0 Å². The molecular weight excluding hydrogens is 356 g/mol. The van der Waals surface area contributed by atoms with Gasteiger partial charge < -0.3 is 10.5 Å². The molecule has 21 heavy (non-hydrogen) atoms. The number of nitrogens with two attached hydrogens (primary N) is 1.